The second-order valence-electron chi connectivity index (χ2n) is 5.75. The number of hydrogen-bond donors (Lipinski definition) is 2. The molecule has 0 aliphatic heterocycles. The van der Waals surface area contributed by atoms with Crippen molar-refractivity contribution in [2.45, 2.75) is 19.0 Å². The topological polar surface area (TPSA) is 67.4 Å². The summed E-state index contributed by atoms with van der Waals surface area (Å²) in [5.74, 6) is -0.491. The monoisotopic (exact) mass is 380 g/mol. The van der Waals surface area contributed by atoms with E-state index >= 15 is 0 Å². The van der Waals surface area contributed by atoms with Crippen molar-refractivity contribution in [3.63, 3.8) is 0 Å². The third-order valence-electron chi connectivity index (χ3n) is 3.66. The van der Waals surface area contributed by atoms with Crippen molar-refractivity contribution in [3.05, 3.63) is 59.7 Å². The SMILES string of the molecule is COc1cccc(CCNC(=O)CC(=O)Nc2cccc(C(F)(F)F)c2)c1. The lowest BCUT2D eigenvalue weighted by molar-refractivity contribution is -0.137. The molecule has 0 aliphatic carbocycles. The summed E-state index contributed by atoms with van der Waals surface area (Å²) >= 11 is 0. The molecule has 2 amide bonds. The minimum Gasteiger partial charge on any atom is -0.497 e. The number of nitrogens with one attached hydrogen (secondary N) is 2. The second kappa shape index (κ2) is 9.07. The third-order valence-corrected chi connectivity index (χ3v) is 3.66. The van der Waals surface area contributed by atoms with Crippen LogP contribution in [0.2, 0.25) is 0 Å². The highest BCUT2D eigenvalue weighted by Gasteiger charge is 2.30. The fraction of sp³-hybridized carbons (Fsp3) is 0.263. The van der Waals surface area contributed by atoms with Crippen LogP contribution < -0.4 is 15.4 Å². The van der Waals surface area contributed by atoms with E-state index in [4.69, 9.17) is 4.74 Å². The number of methoxy groups -OCH3 is 1. The zero-order chi connectivity index (χ0) is 19.9. The Kier molecular flexibility index (Phi) is 6.81. The number of carbonyl (C=O) groups excluding carboxylic acids is 2. The Balaban J connectivity index is 1.79. The van der Waals surface area contributed by atoms with E-state index in [0.29, 0.717) is 18.7 Å². The Morgan fingerprint density at radius 1 is 1.04 bits per heavy atom. The van der Waals surface area contributed by atoms with Gasteiger partial charge in [0, 0.05) is 12.2 Å². The normalized spacial score (nSPS) is 11.0. The Hall–Kier alpha value is -3.03. The molecule has 0 saturated heterocycles. The Morgan fingerprint density at radius 2 is 1.78 bits per heavy atom. The van der Waals surface area contributed by atoms with Crippen LogP contribution in [0.4, 0.5) is 18.9 Å². The Morgan fingerprint density at radius 3 is 2.48 bits per heavy atom. The molecule has 0 radical (unpaired) electrons. The first-order valence-corrected chi connectivity index (χ1v) is 8.14. The van der Waals surface area contributed by atoms with Crippen LogP contribution in [-0.2, 0) is 22.2 Å². The number of ether oxygens (including phenoxy) is 1. The van der Waals surface area contributed by atoms with Crippen molar-refractivity contribution in [1.82, 2.24) is 5.32 Å². The van der Waals surface area contributed by atoms with Crippen LogP contribution in [0.1, 0.15) is 17.5 Å². The van der Waals surface area contributed by atoms with Crippen molar-refractivity contribution in [1.29, 1.82) is 0 Å². The smallest absolute Gasteiger partial charge is 0.416 e. The second-order valence-corrected chi connectivity index (χ2v) is 5.75. The Bertz CT molecular complexity index is 807. The van der Waals surface area contributed by atoms with Gasteiger partial charge in [0.2, 0.25) is 11.8 Å². The molecule has 2 aromatic carbocycles. The minimum atomic E-state index is -4.50. The standard InChI is InChI=1S/C19H19F3N2O3/c1-27-16-7-2-4-13(10-16)8-9-23-17(25)12-18(26)24-15-6-3-5-14(11-15)19(20,21)22/h2-7,10-11H,8-9,12H2,1H3,(H,23,25)(H,24,26). The van der Waals surface area contributed by atoms with Crippen LogP contribution in [0.25, 0.3) is 0 Å². The molecule has 2 aromatic rings. The highest BCUT2D eigenvalue weighted by molar-refractivity contribution is 6.03. The summed E-state index contributed by atoms with van der Waals surface area (Å²) in [7, 11) is 1.56. The Labute approximate surface area is 154 Å². The van der Waals surface area contributed by atoms with Gasteiger partial charge in [0.05, 0.1) is 12.7 Å². The van der Waals surface area contributed by atoms with Gasteiger partial charge in [-0.3, -0.25) is 9.59 Å². The van der Waals surface area contributed by atoms with E-state index in [9.17, 15) is 22.8 Å². The predicted octanol–water partition coefficient (Wildman–Crippen LogP) is 3.40. The maximum Gasteiger partial charge on any atom is 0.416 e. The first kappa shape index (κ1) is 20.3. The molecule has 8 heteroatoms. The quantitative estimate of drug-likeness (QED) is 0.724. The van der Waals surface area contributed by atoms with Crippen LogP contribution in [0, 0.1) is 0 Å². The zero-order valence-corrected chi connectivity index (χ0v) is 14.6. The number of alkyl halides is 3. The van der Waals surface area contributed by atoms with E-state index in [-0.39, 0.29) is 5.69 Å². The zero-order valence-electron chi connectivity index (χ0n) is 14.6. The van der Waals surface area contributed by atoms with E-state index in [0.717, 1.165) is 17.7 Å². The number of anilines is 1. The van der Waals surface area contributed by atoms with Gasteiger partial charge in [-0.05, 0) is 42.3 Å². The van der Waals surface area contributed by atoms with Gasteiger partial charge in [-0.25, -0.2) is 0 Å². The van der Waals surface area contributed by atoms with Crippen LogP contribution in [-0.4, -0.2) is 25.5 Å². The van der Waals surface area contributed by atoms with Gasteiger partial charge in [-0.1, -0.05) is 18.2 Å². The lowest BCUT2D eigenvalue weighted by atomic mass is 10.1. The van der Waals surface area contributed by atoms with Gasteiger partial charge in [0.25, 0.3) is 0 Å². The third kappa shape index (κ3) is 6.65. The van der Waals surface area contributed by atoms with Crippen LogP contribution in [0.5, 0.6) is 5.75 Å². The molecular weight excluding hydrogens is 361 g/mol. The summed E-state index contributed by atoms with van der Waals surface area (Å²) in [5, 5.41) is 4.89. The number of amides is 2. The van der Waals surface area contributed by atoms with Crippen LogP contribution in [0.15, 0.2) is 48.5 Å². The van der Waals surface area contributed by atoms with Gasteiger partial charge >= 0.3 is 6.18 Å². The number of carbonyl (C=O) groups is 2. The molecule has 0 unspecified atom stereocenters. The van der Waals surface area contributed by atoms with E-state index in [1.807, 2.05) is 18.2 Å². The molecule has 0 heterocycles. The molecule has 0 fully saturated rings. The molecule has 0 aromatic heterocycles. The van der Waals surface area contributed by atoms with Gasteiger partial charge in [-0.2, -0.15) is 13.2 Å². The van der Waals surface area contributed by atoms with Crippen molar-refractivity contribution >= 4 is 17.5 Å². The fourth-order valence-corrected chi connectivity index (χ4v) is 2.36. The molecule has 0 atom stereocenters. The maximum atomic E-state index is 12.7. The van der Waals surface area contributed by atoms with Crippen molar-refractivity contribution in [3.8, 4) is 5.75 Å². The number of hydrogen-bond acceptors (Lipinski definition) is 3. The predicted molar refractivity (Wildman–Crippen MR) is 94.4 cm³/mol. The van der Waals surface area contributed by atoms with E-state index in [2.05, 4.69) is 10.6 Å². The van der Waals surface area contributed by atoms with Crippen molar-refractivity contribution in [2.75, 3.05) is 19.0 Å². The fourth-order valence-electron chi connectivity index (χ4n) is 2.36. The van der Waals surface area contributed by atoms with Gasteiger partial charge in [0.15, 0.2) is 0 Å². The number of halogens is 3. The summed E-state index contributed by atoms with van der Waals surface area (Å²) in [6, 6.07) is 11.6. The molecule has 0 aliphatic rings. The molecule has 27 heavy (non-hydrogen) atoms. The summed E-state index contributed by atoms with van der Waals surface area (Å²) in [5.41, 5.74) is 0.0742. The van der Waals surface area contributed by atoms with Gasteiger partial charge in [0.1, 0.15) is 12.2 Å². The first-order valence-electron chi connectivity index (χ1n) is 8.14. The average Bonchev–Trinajstić information content (AvgIpc) is 2.61. The minimum absolute atomic E-state index is 0.0148. The van der Waals surface area contributed by atoms with E-state index in [1.54, 1.807) is 13.2 Å². The molecule has 0 bridgehead atoms. The highest BCUT2D eigenvalue weighted by atomic mass is 19.4. The summed E-state index contributed by atoms with van der Waals surface area (Å²) < 4.78 is 43.1. The largest absolute Gasteiger partial charge is 0.497 e. The molecule has 5 nitrogen and oxygen atoms in total. The molecule has 0 spiro atoms. The lowest BCUT2D eigenvalue weighted by Gasteiger charge is -2.10. The summed E-state index contributed by atoms with van der Waals surface area (Å²) in [6.07, 6.45) is -4.43. The molecular formula is C19H19F3N2O3. The number of rotatable bonds is 7. The molecule has 0 saturated carbocycles. The maximum absolute atomic E-state index is 12.7. The van der Waals surface area contributed by atoms with Crippen LogP contribution >= 0.6 is 0 Å². The number of benzene rings is 2. The molecule has 2 N–H and O–H groups in total. The molecule has 2 rings (SSSR count). The summed E-state index contributed by atoms with van der Waals surface area (Å²) in [6.45, 7) is 0.322. The van der Waals surface area contributed by atoms with Crippen molar-refractivity contribution < 1.29 is 27.5 Å². The first-order chi connectivity index (χ1) is 12.8. The van der Waals surface area contributed by atoms with Crippen molar-refractivity contribution in [2.24, 2.45) is 0 Å². The van der Waals surface area contributed by atoms with E-state index in [1.165, 1.54) is 12.1 Å². The van der Waals surface area contributed by atoms with Gasteiger partial charge in [-0.15, -0.1) is 0 Å². The van der Waals surface area contributed by atoms with Gasteiger partial charge < -0.3 is 15.4 Å². The average molecular weight is 380 g/mol. The lowest BCUT2D eigenvalue weighted by Crippen LogP contribution is -2.29. The van der Waals surface area contributed by atoms with E-state index < -0.39 is 30.0 Å². The highest BCUT2D eigenvalue weighted by Crippen LogP contribution is 2.30. The summed E-state index contributed by atoms with van der Waals surface area (Å²) in [4.78, 5) is 23.6. The molecule has 144 valence electrons. The van der Waals surface area contributed by atoms with Crippen LogP contribution in [0.3, 0.4) is 0 Å².